The largest absolute Gasteiger partial charge is 0.480 e. The molecule has 2 N–H and O–H groups in total. The summed E-state index contributed by atoms with van der Waals surface area (Å²) in [5, 5.41) is 11.8. The second-order valence-electron chi connectivity index (χ2n) is 3.66. The minimum atomic E-state index is -0.793. The lowest BCUT2D eigenvalue weighted by atomic mass is 9.96. The maximum Gasteiger partial charge on any atom is 0.326 e. The Morgan fingerprint density at radius 2 is 2.45 bits per heavy atom. The Bertz CT molecular complexity index is 206. The van der Waals surface area contributed by atoms with Gasteiger partial charge in [0.05, 0.1) is 12.2 Å². The number of hydrogen-bond donors (Lipinski definition) is 2. The van der Waals surface area contributed by atoms with Crippen molar-refractivity contribution in [3.63, 3.8) is 0 Å². The molecule has 2 saturated heterocycles. The summed E-state index contributed by atoms with van der Waals surface area (Å²) < 4.78 is 5.36. The fraction of sp³-hybridized carbons (Fsp3) is 0.857. The van der Waals surface area contributed by atoms with Crippen molar-refractivity contribution >= 4 is 5.97 Å². The summed E-state index contributed by atoms with van der Waals surface area (Å²) in [5.74, 6) is -0.793. The van der Waals surface area contributed by atoms with Crippen LogP contribution in [0.15, 0.2) is 0 Å². The first-order chi connectivity index (χ1) is 5.06. The van der Waals surface area contributed by atoms with E-state index in [0.717, 1.165) is 0 Å². The summed E-state index contributed by atoms with van der Waals surface area (Å²) in [5.41, 5.74) is -1.02. The number of carbonyl (C=O) groups is 1. The number of morpholine rings is 1. The molecule has 0 amide bonds. The van der Waals surface area contributed by atoms with E-state index in [1.165, 1.54) is 0 Å². The third-order valence-electron chi connectivity index (χ3n) is 2.55. The van der Waals surface area contributed by atoms with Gasteiger partial charge in [0.2, 0.25) is 0 Å². The summed E-state index contributed by atoms with van der Waals surface area (Å²) in [6.45, 7) is 2.90. The molecule has 2 aliphatic rings. The van der Waals surface area contributed by atoms with Crippen LogP contribution in [-0.4, -0.2) is 35.4 Å². The van der Waals surface area contributed by atoms with Crippen LogP contribution < -0.4 is 5.32 Å². The lowest BCUT2D eigenvalue weighted by Crippen LogP contribution is -2.51. The number of ether oxygens (including phenoxy) is 1. The third-order valence-corrected chi connectivity index (χ3v) is 2.55. The van der Waals surface area contributed by atoms with E-state index >= 15 is 0 Å². The van der Waals surface area contributed by atoms with E-state index in [2.05, 4.69) is 5.32 Å². The Morgan fingerprint density at radius 3 is 2.64 bits per heavy atom. The van der Waals surface area contributed by atoms with Crippen molar-refractivity contribution in [2.24, 2.45) is 0 Å². The fourth-order valence-electron chi connectivity index (χ4n) is 1.83. The highest BCUT2D eigenvalue weighted by Crippen LogP contribution is 2.38. The summed E-state index contributed by atoms with van der Waals surface area (Å²) >= 11 is 0. The van der Waals surface area contributed by atoms with Gasteiger partial charge in [-0.2, -0.15) is 0 Å². The molecule has 0 saturated carbocycles. The Hall–Kier alpha value is -0.610. The van der Waals surface area contributed by atoms with Gasteiger partial charge < -0.3 is 9.84 Å². The lowest BCUT2D eigenvalue weighted by molar-refractivity contribution is -0.145. The van der Waals surface area contributed by atoms with Crippen LogP contribution >= 0.6 is 0 Å². The Labute approximate surface area is 64.5 Å². The van der Waals surface area contributed by atoms with E-state index in [9.17, 15) is 4.79 Å². The fourth-order valence-corrected chi connectivity index (χ4v) is 1.83. The van der Waals surface area contributed by atoms with E-state index < -0.39 is 11.5 Å². The molecule has 62 valence electrons. The predicted octanol–water partition coefficient (Wildman–Crippen LogP) is -0.408. The first-order valence-electron chi connectivity index (χ1n) is 3.69. The van der Waals surface area contributed by atoms with Crippen molar-refractivity contribution in [3.05, 3.63) is 0 Å². The normalized spacial score (nSPS) is 48.1. The molecule has 0 radical (unpaired) electrons. The summed E-state index contributed by atoms with van der Waals surface area (Å²) in [6, 6.07) is 0. The SMILES string of the molecule is CC12CNC(C(=O)O)(CO1)C2. The van der Waals surface area contributed by atoms with Crippen LogP contribution in [0.25, 0.3) is 0 Å². The van der Waals surface area contributed by atoms with Crippen molar-refractivity contribution in [1.82, 2.24) is 5.32 Å². The summed E-state index contributed by atoms with van der Waals surface area (Å²) in [6.07, 6.45) is 0.593. The minimum absolute atomic E-state index is 0.238. The van der Waals surface area contributed by atoms with Crippen molar-refractivity contribution < 1.29 is 14.6 Å². The topological polar surface area (TPSA) is 58.6 Å². The third kappa shape index (κ3) is 0.795. The molecular formula is C7H11NO3. The average Bonchev–Trinajstić information content (AvgIpc) is 2.42. The van der Waals surface area contributed by atoms with Gasteiger partial charge in [0, 0.05) is 13.0 Å². The number of carboxylic acid groups (broad SMARTS) is 1. The molecule has 2 aliphatic heterocycles. The van der Waals surface area contributed by atoms with Gasteiger partial charge >= 0.3 is 5.97 Å². The Balaban J connectivity index is 2.27. The van der Waals surface area contributed by atoms with Crippen LogP contribution in [0.2, 0.25) is 0 Å². The summed E-state index contributed by atoms with van der Waals surface area (Å²) in [4.78, 5) is 10.8. The zero-order valence-electron chi connectivity index (χ0n) is 6.39. The maximum absolute atomic E-state index is 10.8. The van der Waals surface area contributed by atoms with Crippen LogP contribution in [0.3, 0.4) is 0 Å². The number of hydrogen-bond acceptors (Lipinski definition) is 3. The molecule has 0 aromatic carbocycles. The second-order valence-corrected chi connectivity index (χ2v) is 3.66. The number of carboxylic acids is 1. The van der Waals surface area contributed by atoms with Gasteiger partial charge in [-0.3, -0.25) is 10.1 Å². The van der Waals surface area contributed by atoms with Crippen molar-refractivity contribution in [3.8, 4) is 0 Å². The molecule has 0 aliphatic carbocycles. The highest BCUT2D eigenvalue weighted by Gasteiger charge is 2.57. The van der Waals surface area contributed by atoms with E-state index in [0.29, 0.717) is 19.6 Å². The molecule has 2 heterocycles. The average molecular weight is 157 g/mol. The smallest absolute Gasteiger partial charge is 0.326 e. The van der Waals surface area contributed by atoms with Gasteiger partial charge in [0.15, 0.2) is 0 Å². The highest BCUT2D eigenvalue weighted by atomic mass is 16.5. The first-order valence-corrected chi connectivity index (χ1v) is 3.69. The van der Waals surface area contributed by atoms with Gasteiger partial charge in [-0.15, -0.1) is 0 Å². The lowest BCUT2D eigenvalue weighted by Gasteiger charge is -2.24. The minimum Gasteiger partial charge on any atom is -0.480 e. The first kappa shape index (κ1) is 7.06. The molecule has 2 fully saturated rings. The second kappa shape index (κ2) is 1.76. The maximum atomic E-state index is 10.8. The van der Waals surface area contributed by atoms with Gasteiger partial charge in [-0.1, -0.05) is 0 Å². The monoisotopic (exact) mass is 157 g/mol. The van der Waals surface area contributed by atoms with Crippen molar-refractivity contribution in [1.29, 1.82) is 0 Å². The molecule has 2 atom stereocenters. The Kier molecular flexibility index (Phi) is 1.13. The predicted molar refractivity (Wildman–Crippen MR) is 37.3 cm³/mol. The van der Waals surface area contributed by atoms with Crippen molar-refractivity contribution in [2.75, 3.05) is 13.2 Å². The summed E-state index contributed by atoms with van der Waals surface area (Å²) in [7, 11) is 0. The molecule has 0 aromatic heterocycles. The quantitative estimate of drug-likeness (QED) is 0.543. The Morgan fingerprint density at radius 1 is 1.73 bits per heavy atom. The van der Waals surface area contributed by atoms with Crippen LogP contribution in [0, 0.1) is 0 Å². The zero-order valence-corrected chi connectivity index (χ0v) is 6.39. The van der Waals surface area contributed by atoms with Gasteiger partial charge in [0.1, 0.15) is 5.54 Å². The molecule has 2 rings (SSSR count). The number of fused-ring (bicyclic) bond motifs is 2. The molecule has 0 spiro atoms. The van der Waals surface area contributed by atoms with Gasteiger partial charge in [-0.05, 0) is 6.92 Å². The van der Waals surface area contributed by atoms with Crippen LogP contribution in [-0.2, 0) is 9.53 Å². The van der Waals surface area contributed by atoms with E-state index in [4.69, 9.17) is 9.84 Å². The van der Waals surface area contributed by atoms with Crippen LogP contribution in [0.5, 0.6) is 0 Å². The van der Waals surface area contributed by atoms with E-state index in [-0.39, 0.29) is 5.60 Å². The standard InChI is InChI=1S/C7H11NO3/c1-6-2-7(4-11-6,5(9)10)8-3-6/h8H,2-4H2,1H3,(H,9,10). The number of rotatable bonds is 1. The molecule has 2 unspecified atom stereocenters. The molecule has 4 nitrogen and oxygen atoms in total. The van der Waals surface area contributed by atoms with E-state index in [1.807, 2.05) is 6.92 Å². The van der Waals surface area contributed by atoms with Crippen LogP contribution in [0.1, 0.15) is 13.3 Å². The van der Waals surface area contributed by atoms with Gasteiger partial charge in [0.25, 0.3) is 0 Å². The zero-order chi connectivity index (χ0) is 8.11. The van der Waals surface area contributed by atoms with Crippen LogP contribution in [0.4, 0.5) is 0 Å². The molecule has 2 bridgehead atoms. The van der Waals surface area contributed by atoms with E-state index in [1.54, 1.807) is 0 Å². The number of nitrogens with one attached hydrogen (secondary N) is 1. The molecule has 4 heteroatoms. The highest BCUT2D eigenvalue weighted by molar-refractivity contribution is 5.80. The number of aliphatic carboxylic acids is 1. The molecular weight excluding hydrogens is 146 g/mol. The van der Waals surface area contributed by atoms with Gasteiger partial charge in [-0.25, -0.2) is 0 Å². The van der Waals surface area contributed by atoms with Crippen molar-refractivity contribution in [2.45, 2.75) is 24.5 Å². The molecule has 0 aromatic rings. The molecule has 11 heavy (non-hydrogen) atoms.